The van der Waals surface area contributed by atoms with Crippen molar-refractivity contribution in [1.29, 1.82) is 0 Å². The number of hydrogen-bond acceptors (Lipinski definition) is 4. The van der Waals surface area contributed by atoms with Crippen molar-refractivity contribution in [2.45, 2.75) is 13.0 Å². The van der Waals surface area contributed by atoms with Crippen LogP contribution in [0.2, 0.25) is 0 Å². The van der Waals surface area contributed by atoms with Crippen LogP contribution in [0.1, 0.15) is 18.7 Å². The number of aliphatic hydroxyl groups excluding tert-OH is 1. The summed E-state index contributed by atoms with van der Waals surface area (Å²) in [7, 11) is 1.75. The van der Waals surface area contributed by atoms with Crippen LogP contribution < -0.4 is 5.32 Å². The minimum Gasteiger partial charge on any atom is -0.385 e. The lowest BCUT2D eigenvalue weighted by Crippen LogP contribution is -2.22. The zero-order valence-electron chi connectivity index (χ0n) is 7.66. The first-order chi connectivity index (χ1) is 6.16. The van der Waals surface area contributed by atoms with E-state index in [9.17, 15) is 5.11 Å². The Kier molecular flexibility index (Phi) is 3.83. The van der Waals surface area contributed by atoms with E-state index >= 15 is 0 Å². The number of likely N-dealkylation sites (N-methyl/N-ethyl adjacent to an activating group) is 1. The molecule has 13 heavy (non-hydrogen) atoms. The third-order valence-electron chi connectivity index (χ3n) is 1.73. The molecule has 0 amide bonds. The van der Waals surface area contributed by atoms with Gasteiger partial charge in [0.25, 0.3) is 0 Å². The number of aryl methyl sites for hydroxylation is 1. The zero-order chi connectivity index (χ0) is 9.84. The van der Waals surface area contributed by atoms with Crippen molar-refractivity contribution in [1.82, 2.24) is 20.3 Å². The molecule has 1 aromatic heterocycles. The molecule has 0 bridgehead atoms. The minimum atomic E-state index is -0.575. The van der Waals surface area contributed by atoms with Crippen LogP contribution in [0.25, 0.3) is 0 Å². The minimum absolute atomic E-state index is 0.510. The number of rotatable bonds is 4. The second kappa shape index (κ2) is 4.69. The van der Waals surface area contributed by atoms with Crippen LogP contribution in [0.3, 0.4) is 0 Å². The van der Waals surface area contributed by atoms with Gasteiger partial charge in [0.15, 0.2) is 4.60 Å². The molecule has 2 N–H and O–H groups in total. The number of nitrogens with zero attached hydrogens (tertiary/aromatic N) is 3. The van der Waals surface area contributed by atoms with Crippen LogP contribution in [-0.2, 0) is 7.05 Å². The molecular formula is C7H13BrN4O. The van der Waals surface area contributed by atoms with Crippen molar-refractivity contribution in [2.24, 2.45) is 7.05 Å². The first-order valence-electron chi connectivity index (χ1n) is 4.10. The molecule has 1 heterocycles. The summed E-state index contributed by atoms with van der Waals surface area (Å²) in [6.45, 7) is 3.33. The summed E-state index contributed by atoms with van der Waals surface area (Å²) in [4.78, 5) is 0. The van der Waals surface area contributed by atoms with Gasteiger partial charge >= 0.3 is 0 Å². The van der Waals surface area contributed by atoms with E-state index in [1.807, 2.05) is 6.92 Å². The molecule has 0 aromatic carbocycles. The maximum atomic E-state index is 9.71. The number of halogens is 1. The van der Waals surface area contributed by atoms with E-state index in [-0.39, 0.29) is 0 Å². The molecule has 1 atom stereocenters. The van der Waals surface area contributed by atoms with Crippen molar-refractivity contribution in [3.05, 3.63) is 10.3 Å². The maximum absolute atomic E-state index is 9.71. The van der Waals surface area contributed by atoms with Crippen LogP contribution in [0.4, 0.5) is 0 Å². The number of aliphatic hydroxyl groups is 1. The Morgan fingerprint density at radius 1 is 1.69 bits per heavy atom. The van der Waals surface area contributed by atoms with Gasteiger partial charge in [0.05, 0.1) is 0 Å². The molecule has 5 nitrogen and oxygen atoms in total. The Hall–Kier alpha value is -0.460. The summed E-state index contributed by atoms with van der Waals surface area (Å²) < 4.78 is 2.16. The van der Waals surface area contributed by atoms with E-state index in [2.05, 4.69) is 31.6 Å². The molecule has 0 aliphatic rings. The summed E-state index contributed by atoms with van der Waals surface area (Å²) in [5.74, 6) is 0. The molecule has 0 aliphatic heterocycles. The highest BCUT2D eigenvalue weighted by molar-refractivity contribution is 9.10. The molecule has 1 rings (SSSR count). The zero-order valence-corrected chi connectivity index (χ0v) is 9.24. The van der Waals surface area contributed by atoms with Crippen LogP contribution in [-0.4, -0.2) is 33.2 Å². The number of nitrogens with one attached hydrogen (secondary N) is 1. The topological polar surface area (TPSA) is 63.0 Å². The van der Waals surface area contributed by atoms with Gasteiger partial charge in [0.2, 0.25) is 0 Å². The van der Waals surface area contributed by atoms with Gasteiger partial charge < -0.3 is 10.4 Å². The Morgan fingerprint density at radius 3 is 2.85 bits per heavy atom. The summed E-state index contributed by atoms with van der Waals surface area (Å²) in [6.07, 6.45) is -0.575. The number of aromatic nitrogens is 3. The summed E-state index contributed by atoms with van der Waals surface area (Å²) in [6, 6.07) is 0. The summed E-state index contributed by atoms with van der Waals surface area (Å²) in [5, 5.41) is 20.3. The van der Waals surface area contributed by atoms with Gasteiger partial charge in [-0.05, 0) is 22.5 Å². The predicted molar refractivity (Wildman–Crippen MR) is 52.2 cm³/mol. The van der Waals surface area contributed by atoms with Gasteiger partial charge in [0, 0.05) is 13.6 Å². The molecule has 0 fully saturated rings. The Morgan fingerprint density at radius 2 is 2.38 bits per heavy atom. The molecule has 0 radical (unpaired) electrons. The van der Waals surface area contributed by atoms with Gasteiger partial charge in [-0.2, -0.15) is 0 Å². The lowest BCUT2D eigenvalue weighted by molar-refractivity contribution is 0.165. The lowest BCUT2D eigenvalue weighted by atomic mass is 10.2. The fourth-order valence-electron chi connectivity index (χ4n) is 1.07. The van der Waals surface area contributed by atoms with Crippen LogP contribution in [0.5, 0.6) is 0 Å². The summed E-state index contributed by atoms with van der Waals surface area (Å²) in [5.41, 5.74) is 0.695. The van der Waals surface area contributed by atoms with E-state index in [0.29, 0.717) is 16.8 Å². The Labute approximate surface area is 85.3 Å². The summed E-state index contributed by atoms with van der Waals surface area (Å²) >= 11 is 3.23. The Balaban J connectivity index is 2.69. The first-order valence-corrected chi connectivity index (χ1v) is 4.90. The van der Waals surface area contributed by atoms with Crippen molar-refractivity contribution in [3.8, 4) is 0 Å². The van der Waals surface area contributed by atoms with Crippen molar-refractivity contribution < 1.29 is 5.11 Å². The van der Waals surface area contributed by atoms with E-state index in [1.165, 1.54) is 0 Å². The van der Waals surface area contributed by atoms with Gasteiger partial charge in [-0.25, -0.2) is 4.68 Å². The maximum Gasteiger partial charge on any atom is 0.154 e. The van der Waals surface area contributed by atoms with Crippen molar-refractivity contribution in [2.75, 3.05) is 13.1 Å². The smallest absolute Gasteiger partial charge is 0.154 e. The largest absolute Gasteiger partial charge is 0.385 e. The molecule has 0 saturated heterocycles. The standard InChI is InChI=1S/C7H13BrN4O/c1-3-9-4-5(13)6-7(8)10-11-12(6)2/h5,9,13H,3-4H2,1-2H3. The lowest BCUT2D eigenvalue weighted by Gasteiger charge is -2.10. The van der Waals surface area contributed by atoms with Crippen LogP contribution >= 0.6 is 15.9 Å². The fourth-order valence-corrected chi connectivity index (χ4v) is 1.66. The van der Waals surface area contributed by atoms with E-state index in [4.69, 9.17) is 0 Å². The average Bonchev–Trinajstić information content (AvgIpc) is 2.42. The Bertz CT molecular complexity index is 256. The average molecular weight is 249 g/mol. The monoisotopic (exact) mass is 248 g/mol. The van der Waals surface area contributed by atoms with Gasteiger partial charge in [-0.3, -0.25) is 0 Å². The highest BCUT2D eigenvalue weighted by Crippen LogP contribution is 2.19. The molecule has 1 aromatic rings. The quantitative estimate of drug-likeness (QED) is 0.801. The fraction of sp³-hybridized carbons (Fsp3) is 0.714. The molecule has 0 aliphatic carbocycles. The number of hydrogen-bond donors (Lipinski definition) is 2. The van der Waals surface area contributed by atoms with Crippen molar-refractivity contribution >= 4 is 15.9 Å². The van der Waals surface area contributed by atoms with Gasteiger partial charge in [0.1, 0.15) is 11.8 Å². The molecule has 1 unspecified atom stereocenters. The molecule has 6 heteroatoms. The highest BCUT2D eigenvalue weighted by atomic mass is 79.9. The van der Waals surface area contributed by atoms with Crippen LogP contribution in [0.15, 0.2) is 4.60 Å². The van der Waals surface area contributed by atoms with Crippen molar-refractivity contribution in [3.63, 3.8) is 0 Å². The van der Waals surface area contributed by atoms with E-state index in [1.54, 1.807) is 11.7 Å². The SMILES string of the molecule is CCNCC(O)c1c(Br)nnn1C. The molecular weight excluding hydrogens is 236 g/mol. The van der Waals surface area contributed by atoms with E-state index in [0.717, 1.165) is 6.54 Å². The first kappa shape index (κ1) is 10.6. The predicted octanol–water partition coefficient (Wildman–Crippen LogP) is 0.220. The third kappa shape index (κ3) is 2.49. The third-order valence-corrected chi connectivity index (χ3v) is 2.29. The normalized spacial score (nSPS) is 13.2. The second-order valence-electron chi connectivity index (χ2n) is 2.71. The molecule has 0 spiro atoms. The second-order valence-corrected chi connectivity index (χ2v) is 3.46. The van der Waals surface area contributed by atoms with E-state index < -0.39 is 6.10 Å². The van der Waals surface area contributed by atoms with Gasteiger partial charge in [-0.1, -0.05) is 12.1 Å². The van der Waals surface area contributed by atoms with Crippen LogP contribution in [0, 0.1) is 0 Å². The van der Waals surface area contributed by atoms with Gasteiger partial charge in [-0.15, -0.1) is 5.10 Å². The molecule has 74 valence electrons. The highest BCUT2D eigenvalue weighted by Gasteiger charge is 2.16. The molecule has 0 saturated carbocycles.